The third kappa shape index (κ3) is 4.45. The van der Waals surface area contributed by atoms with E-state index >= 15 is 0 Å². The van der Waals surface area contributed by atoms with E-state index in [1.54, 1.807) is 20.8 Å². The highest BCUT2D eigenvalue weighted by Crippen LogP contribution is 2.35. The fourth-order valence-electron chi connectivity index (χ4n) is 2.77. The molecule has 1 atom stereocenters. The summed E-state index contributed by atoms with van der Waals surface area (Å²) in [4.78, 5) is 26.5. The molecular weight excluding hydrogens is 357 g/mol. The monoisotopic (exact) mass is 378 g/mol. The van der Waals surface area contributed by atoms with Gasteiger partial charge in [-0.15, -0.1) is 11.3 Å². The van der Waals surface area contributed by atoms with Crippen molar-refractivity contribution in [3.63, 3.8) is 0 Å². The lowest BCUT2D eigenvalue weighted by Gasteiger charge is -2.33. The van der Waals surface area contributed by atoms with Gasteiger partial charge in [0.1, 0.15) is 5.00 Å². The Morgan fingerprint density at radius 2 is 2.04 bits per heavy atom. The van der Waals surface area contributed by atoms with Crippen LogP contribution in [0.4, 0.5) is 23.0 Å². The lowest BCUT2D eigenvalue weighted by molar-refractivity contribution is -0.183. The smallest absolute Gasteiger partial charge is 0.393 e. The van der Waals surface area contributed by atoms with Gasteiger partial charge in [0, 0.05) is 18.0 Å². The molecule has 5 nitrogen and oxygen atoms in total. The molecule has 2 rings (SSSR count). The van der Waals surface area contributed by atoms with Gasteiger partial charge in [-0.05, 0) is 39.2 Å². The number of nitrogens with one attached hydrogen (secondary N) is 1. The quantitative estimate of drug-likeness (QED) is 0.796. The highest BCUT2D eigenvalue weighted by Gasteiger charge is 2.42. The Bertz CT molecular complexity index is 658. The summed E-state index contributed by atoms with van der Waals surface area (Å²) in [5.74, 6) is -2.06. The van der Waals surface area contributed by atoms with Crippen LogP contribution in [0.3, 0.4) is 0 Å². The normalized spacial score (nSPS) is 18.2. The van der Waals surface area contributed by atoms with Crippen molar-refractivity contribution >= 4 is 28.3 Å². The van der Waals surface area contributed by atoms with Crippen LogP contribution in [0.1, 0.15) is 40.6 Å². The van der Waals surface area contributed by atoms with Gasteiger partial charge < -0.3 is 9.64 Å². The van der Waals surface area contributed by atoms with Crippen LogP contribution in [-0.4, -0.2) is 42.8 Å². The number of carbonyl (C=O) groups excluding carboxylic acids is 2. The molecule has 1 saturated heterocycles. The molecule has 1 fully saturated rings. The predicted molar refractivity (Wildman–Crippen MR) is 89.1 cm³/mol. The molecule has 0 aliphatic carbocycles. The minimum Gasteiger partial charge on any atom is -0.462 e. The molecule has 140 valence electrons. The van der Waals surface area contributed by atoms with Crippen LogP contribution >= 0.6 is 11.3 Å². The number of anilines is 1. The van der Waals surface area contributed by atoms with E-state index in [1.165, 1.54) is 11.3 Å². The average Bonchev–Trinajstić information content (AvgIpc) is 2.81. The molecule has 9 heteroatoms. The Morgan fingerprint density at radius 1 is 1.36 bits per heavy atom. The largest absolute Gasteiger partial charge is 0.462 e. The van der Waals surface area contributed by atoms with E-state index in [1.807, 2.05) is 0 Å². The molecule has 1 aromatic heterocycles. The maximum Gasteiger partial charge on any atom is 0.393 e. The van der Waals surface area contributed by atoms with Gasteiger partial charge in [-0.2, -0.15) is 13.2 Å². The summed E-state index contributed by atoms with van der Waals surface area (Å²) >= 11 is 1.21. The number of rotatable bonds is 3. The van der Waals surface area contributed by atoms with Gasteiger partial charge >= 0.3 is 18.2 Å². The fraction of sp³-hybridized carbons (Fsp3) is 0.625. The molecule has 0 radical (unpaired) electrons. The van der Waals surface area contributed by atoms with Crippen LogP contribution in [0.15, 0.2) is 0 Å². The third-order valence-electron chi connectivity index (χ3n) is 4.26. The number of hydrogen-bond donors (Lipinski definition) is 1. The SMILES string of the molecule is CCOC(=O)c1c(NC(=O)N2CCC[C@@H](C(F)(F)F)C2)sc(C)c1C. The first-order chi connectivity index (χ1) is 11.6. The third-order valence-corrected chi connectivity index (χ3v) is 5.38. The number of halogens is 3. The zero-order chi connectivity index (χ0) is 18.8. The predicted octanol–water partition coefficient (Wildman–Crippen LogP) is 4.35. The number of alkyl halides is 3. The number of amides is 2. The van der Waals surface area contributed by atoms with Crippen molar-refractivity contribution in [2.24, 2.45) is 5.92 Å². The number of esters is 1. The molecule has 0 bridgehead atoms. The van der Waals surface area contributed by atoms with Crippen LogP contribution in [-0.2, 0) is 4.74 Å². The zero-order valence-corrected chi connectivity index (χ0v) is 15.1. The summed E-state index contributed by atoms with van der Waals surface area (Å²) in [5.41, 5.74) is 0.965. The molecule has 0 saturated carbocycles. The second kappa shape index (κ2) is 7.63. The summed E-state index contributed by atoms with van der Waals surface area (Å²) in [5, 5.41) is 2.90. The topological polar surface area (TPSA) is 58.6 Å². The first kappa shape index (κ1) is 19.6. The summed E-state index contributed by atoms with van der Waals surface area (Å²) in [6.45, 7) is 5.31. The van der Waals surface area contributed by atoms with Crippen molar-refractivity contribution < 1.29 is 27.5 Å². The molecule has 1 N–H and O–H groups in total. The first-order valence-corrected chi connectivity index (χ1v) is 8.86. The first-order valence-electron chi connectivity index (χ1n) is 8.04. The Morgan fingerprint density at radius 3 is 2.64 bits per heavy atom. The Kier molecular flexibility index (Phi) is 5.97. The number of thiophene rings is 1. The van der Waals surface area contributed by atoms with E-state index in [9.17, 15) is 22.8 Å². The molecule has 25 heavy (non-hydrogen) atoms. The van der Waals surface area contributed by atoms with E-state index < -0.39 is 24.1 Å². The van der Waals surface area contributed by atoms with Crippen molar-refractivity contribution in [2.75, 3.05) is 25.0 Å². The number of aryl methyl sites for hydroxylation is 1. The summed E-state index contributed by atoms with van der Waals surface area (Å²) in [6.07, 6.45) is -3.99. The lowest BCUT2D eigenvalue weighted by atomic mass is 9.98. The molecular formula is C16H21F3N2O3S. The number of urea groups is 1. The maximum atomic E-state index is 12.9. The lowest BCUT2D eigenvalue weighted by Crippen LogP contribution is -2.46. The molecule has 0 aromatic carbocycles. The van der Waals surface area contributed by atoms with Gasteiger partial charge in [-0.1, -0.05) is 0 Å². The number of nitrogens with zero attached hydrogens (tertiary/aromatic N) is 1. The number of hydrogen-bond acceptors (Lipinski definition) is 4. The van der Waals surface area contributed by atoms with Crippen molar-refractivity contribution in [1.82, 2.24) is 4.90 Å². The highest BCUT2D eigenvalue weighted by atomic mass is 32.1. The Hall–Kier alpha value is -1.77. The van der Waals surface area contributed by atoms with Crippen molar-refractivity contribution in [3.05, 3.63) is 16.0 Å². The number of ether oxygens (including phenoxy) is 1. The minimum absolute atomic E-state index is 0.0264. The average molecular weight is 378 g/mol. The van der Waals surface area contributed by atoms with Crippen LogP contribution in [0, 0.1) is 19.8 Å². The van der Waals surface area contributed by atoms with Gasteiger partial charge in [0.25, 0.3) is 0 Å². The second-order valence-electron chi connectivity index (χ2n) is 5.96. The molecule has 1 aliphatic heterocycles. The van der Waals surface area contributed by atoms with Crippen LogP contribution < -0.4 is 5.32 Å². The van der Waals surface area contributed by atoms with Gasteiger partial charge in [-0.3, -0.25) is 5.32 Å². The van der Waals surface area contributed by atoms with Gasteiger partial charge in [0.15, 0.2) is 0 Å². The summed E-state index contributed by atoms with van der Waals surface area (Å²) < 4.78 is 43.7. The van der Waals surface area contributed by atoms with Crippen molar-refractivity contribution in [1.29, 1.82) is 0 Å². The number of carbonyl (C=O) groups is 2. The van der Waals surface area contributed by atoms with E-state index in [4.69, 9.17) is 4.74 Å². The van der Waals surface area contributed by atoms with Crippen LogP contribution in [0.25, 0.3) is 0 Å². The Labute approximate surface area is 148 Å². The van der Waals surface area contributed by atoms with Gasteiger partial charge in [0.2, 0.25) is 0 Å². The van der Waals surface area contributed by atoms with E-state index in [2.05, 4.69) is 5.32 Å². The minimum atomic E-state index is -4.31. The Balaban J connectivity index is 2.15. The van der Waals surface area contributed by atoms with E-state index in [0.717, 1.165) is 9.78 Å². The van der Waals surface area contributed by atoms with Crippen molar-refractivity contribution in [3.8, 4) is 0 Å². The summed E-state index contributed by atoms with van der Waals surface area (Å²) in [6, 6.07) is -0.624. The standard InChI is InChI=1S/C16H21F3N2O3S/c1-4-24-14(22)12-9(2)10(3)25-13(12)20-15(23)21-7-5-6-11(8-21)16(17,18)19/h11H,4-8H2,1-3H3,(H,20,23)/t11-/m1/s1. The fourth-order valence-corrected chi connectivity index (χ4v) is 3.81. The van der Waals surface area contributed by atoms with Gasteiger partial charge in [-0.25, -0.2) is 9.59 Å². The highest BCUT2D eigenvalue weighted by molar-refractivity contribution is 7.16. The van der Waals surface area contributed by atoms with Crippen LogP contribution in [0.5, 0.6) is 0 Å². The number of likely N-dealkylation sites (tertiary alicyclic amines) is 1. The second-order valence-corrected chi connectivity index (χ2v) is 7.19. The number of piperidine rings is 1. The summed E-state index contributed by atoms with van der Waals surface area (Å²) in [7, 11) is 0. The van der Waals surface area contributed by atoms with Crippen LogP contribution in [0.2, 0.25) is 0 Å². The zero-order valence-electron chi connectivity index (χ0n) is 14.3. The molecule has 2 heterocycles. The van der Waals surface area contributed by atoms with E-state index in [0.29, 0.717) is 17.0 Å². The molecule has 1 aromatic rings. The molecule has 1 aliphatic rings. The molecule has 2 amide bonds. The van der Waals surface area contributed by atoms with Gasteiger partial charge in [0.05, 0.1) is 18.1 Å². The van der Waals surface area contributed by atoms with E-state index in [-0.39, 0.29) is 31.7 Å². The molecule has 0 spiro atoms. The molecule has 0 unspecified atom stereocenters. The van der Waals surface area contributed by atoms with Crippen molar-refractivity contribution in [2.45, 2.75) is 39.8 Å². The maximum absolute atomic E-state index is 12.9.